The molecular formula is C27H27N7. The van der Waals surface area contributed by atoms with Crippen LogP contribution < -0.4 is 10.6 Å². The second-order valence-corrected chi connectivity index (χ2v) is 9.87. The third kappa shape index (κ3) is 2.93. The molecule has 7 rings (SSSR count). The zero-order valence-corrected chi connectivity index (χ0v) is 19.0. The third-order valence-electron chi connectivity index (χ3n) is 8.03. The van der Waals surface area contributed by atoms with E-state index in [9.17, 15) is 0 Å². The topological polar surface area (TPSA) is 96.6 Å². The lowest BCUT2D eigenvalue weighted by atomic mass is 9.70. The zero-order valence-electron chi connectivity index (χ0n) is 19.0. The number of hydrogen-bond donors (Lipinski definition) is 2. The highest BCUT2D eigenvalue weighted by Gasteiger charge is 2.44. The van der Waals surface area contributed by atoms with E-state index in [1.807, 2.05) is 18.5 Å². The molecule has 0 radical (unpaired) electrons. The molecule has 0 amide bonds. The molecule has 2 aliphatic carbocycles. The molecule has 170 valence electrons. The van der Waals surface area contributed by atoms with Crippen molar-refractivity contribution in [3.8, 4) is 0 Å². The predicted octanol–water partition coefficient (Wildman–Crippen LogP) is 4.64. The molecule has 3 N–H and O–H groups in total. The molecule has 1 spiro atoms. The van der Waals surface area contributed by atoms with Gasteiger partial charge in [-0.25, -0.2) is 9.97 Å². The lowest BCUT2D eigenvalue weighted by Gasteiger charge is -2.36. The van der Waals surface area contributed by atoms with E-state index in [-0.39, 0.29) is 11.5 Å². The standard InChI is InChI=1S/C27H27N7/c28-24-19-6-2-1-5-18(19)15-27(24)11-9-17(10-12-27)21-16-30-23-25(31-21)32-33-26(23)34-14-4-7-20-22(34)8-3-13-29-20/h1-3,5-6,8-9,13,16,24H,4,7,10-12,14-15,28H2,(H,31,32,33)/t24-,27+/m0/s1. The number of anilines is 2. The van der Waals surface area contributed by atoms with Crippen LogP contribution in [0.15, 0.2) is 54.9 Å². The number of nitrogens with zero attached hydrogens (tertiary/aromatic N) is 5. The van der Waals surface area contributed by atoms with E-state index >= 15 is 0 Å². The van der Waals surface area contributed by atoms with Gasteiger partial charge in [0.05, 0.1) is 23.3 Å². The van der Waals surface area contributed by atoms with Gasteiger partial charge in [-0.1, -0.05) is 30.3 Å². The molecule has 1 aliphatic heterocycles. The fourth-order valence-electron chi connectivity index (χ4n) is 6.15. The number of allylic oxidation sites excluding steroid dienone is 2. The summed E-state index contributed by atoms with van der Waals surface area (Å²) in [5, 5.41) is 7.74. The van der Waals surface area contributed by atoms with Crippen LogP contribution in [0, 0.1) is 5.41 Å². The number of benzene rings is 1. The lowest BCUT2D eigenvalue weighted by Crippen LogP contribution is -2.33. The lowest BCUT2D eigenvalue weighted by molar-refractivity contribution is 0.224. The first-order valence-electron chi connectivity index (χ1n) is 12.2. The van der Waals surface area contributed by atoms with E-state index in [2.05, 4.69) is 56.5 Å². The Labute approximate surface area is 198 Å². The van der Waals surface area contributed by atoms with Gasteiger partial charge in [0.15, 0.2) is 17.0 Å². The molecule has 0 unspecified atom stereocenters. The molecule has 3 aromatic heterocycles. The van der Waals surface area contributed by atoms with Crippen LogP contribution in [0.2, 0.25) is 0 Å². The Morgan fingerprint density at radius 2 is 2.03 bits per heavy atom. The van der Waals surface area contributed by atoms with Gasteiger partial charge in [-0.3, -0.25) is 10.1 Å². The van der Waals surface area contributed by atoms with Crippen LogP contribution >= 0.6 is 0 Å². The molecule has 3 aliphatic rings. The molecular weight excluding hydrogens is 422 g/mol. The Balaban J connectivity index is 1.18. The summed E-state index contributed by atoms with van der Waals surface area (Å²) >= 11 is 0. The number of nitrogens with one attached hydrogen (secondary N) is 1. The van der Waals surface area contributed by atoms with Gasteiger partial charge in [-0.15, -0.1) is 0 Å². The number of hydrogen-bond acceptors (Lipinski definition) is 6. The van der Waals surface area contributed by atoms with Crippen LogP contribution in [0.1, 0.15) is 54.2 Å². The van der Waals surface area contributed by atoms with Crippen molar-refractivity contribution in [2.24, 2.45) is 11.1 Å². The Bertz CT molecular complexity index is 1440. The SMILES string of the molecule is N[C@H]1c2ccccc2C[C@]12CC=C(c1cnc3c(N4CCCc5ncccc54)n[nH]c3n1)CC2. The number of aryl methyl sites for hydroxylation is 1. The molecule has 4 aromatic rings. The molecule has 0 saturated heterocycles. The Morgan fingerprint density at radius 3 is 2.91 bits per heavy atom. The van der Waals surface area contributed by atoms with Crippen LogP contribution in [0.3, 0.4) is 0 Å². The van der Waals surface area contributed by atoms with E-state index in [0.29, 0.717) is 0 Å². The number of aromatic nitrogens is 5. The monoisotopic (exact) mass is 449 g/mol. The zero-order chi connectivity index (χ0) is 22.7. The van der Waals surface area contributed by atoms with Gasteiger partial charge in [0.1, 0.15) is 0 Å². The van der Waals surface area contributed by atoms with Crippen LogP contribution in [-0.2, 0) is 12.8 Å². The maximum absolute atomic E-state index is 6.74. The highest BCUT2D eigenvalue weighted by atomic mass is 15.3. The van der Waals surface area contributed by atoms with E-state index in [1.54, 1.807) is 0 Å². The van der Waals surface area contributed by atoms with Crippen molar-refractivity contribution in [1.29, 1.82) is 0 Å². The van der Waals surface area contributed by atoms with Crippen molar-refractivity contribution in [2.45, 2.75) is 44.6 Å². The number of nitrogens with two attached hydrogens (primary N) is 1. The summed E-state index contributed by atoms with van der Waals surface area (Å²) in [5.41, 5.74) is 15.6. The summed E-state index contributed by atoms with van der Waals surface area (Å²) in [6, 6.07) is 12.8. The smallest absolute Gasteiger partial charge is 0.183 e. The maximum Gasteiger partial charge on any atom is 0.183 e. The van der Waals surface area contributed by atoms with Crippen molar-refractivity contribution in [3.05, 3.63) is 77.4 Å². The first-order chi connectivity index (χ1) is 16.7. The molecule has 0 bridgehead atoms. The van der Waals surface area contributed by atoms with Crippen LogP contribution in [0.25, 0.3) is 16.7 Å². The Hall–Kier alpha value is -3.58. The fraction of sp³-hybridized carbons (Fsp3) is 0.333. The average molecular weight is 450 g/mol. The summed E-state index contributed by atoms with van der Waals surface area (Å²) in [6.07, 6.45) is 12.2. The van der Waals surface area contributed by atoms with Crippen LogP contribution in [-0.4, -0.2) is 31.7 Å². The van der Waals surface area contributed by atoms with Gasteiger partial charge in [0.25, 0.3) is 0 Å². The number of rotatable bonds is 2. The minimum Gasteiger partial charge on any atom is -0.323 e. The van der Waals surface area contributed by atoms with Gasteiger partial charge >= 0.3 is 0 Å². The Morgan fingerprint density at radius 1 is 1.09 bits per heavy atom. The molecule has 0 fully saturated rings. The van der Waals surface area contributed by atoms with Crippen molar-refractivity contribution in [1.82, 2.24) is 25.1 Å². The normalized spacial score (nSPS) is 23.7. The maximum atomic E-state index is 6.74. The number of H-pyrrole nitrogens is 1. The first-order valence-corrected chi connectivity index (χ1v) is 12.2. The second-order valence-electron chi connectivity index (χ2n) is 9.87. The molecule has 7 heteroatoms. The minimum absolute atomic E-state index is 0.104. The summed E-state index contributed by atoms with van der Waals surface area (Å²) < 4.78 is 0. The van der Waals surface area contributed by atoms with E-state index in [1.165, 1.54) is 16.7 Å². The molecule has 4 heterocycles. The van der Waals surface area contributed by atoms with Gasteiger partial charge in [-0.2, -0.15) is 5.10 Å². The summed E-state index contributed by atoms with van der Waals surface area (Å²) in [7, 11) is 0. The van der Waals surface area contributed by atoms with Crippen LogP contribution in [0.4, 0.5) is 11.5 Å². The van der Waals surface area contributed by atoms with Crippen molar-refractivity contribution >= 4 is 28.2 Å². The summed E-state index contributed by atoms with van der Waals surface area (Å²) in [6.45, 7) is 0.901. The quantitative estimate of drug-likeness (QED) is 0.463. The Kier molecular flexibility index (Phi) is 4.36. The molecule has 1 aromatic carbocycles. The molecule has 0 saturated carbocycles. The average Bonchev–Trinajstić information content (AvgIpc) is 3.43. The third-order valence-corrected chi connectivity index (χ3v) is 8.03. The van der Waals surface area contributed by atoms with Crippen molar-refractivity contribution in [2.75, 3.05) is 11.4 Å². The van der Waals surface area contributed by atoms with Crippen LogP contribution in [0.5, 0.6) is 0 Å². The van der Waals surface area contributed by atoms with E-state index in [0.717, 1.165) is 79.1 Å². The number of pyridine rings is 1. The van der Waals surface area contributed by atoms with Crippen molar-refractivity contribution < 1.29 is 0 Å². The van der Waals surface area contributed by atoms with Gasteiger partial charge in [0, 0.05) is 18.8 Å². The summed E-state index contributed by atoms with van der Waals surface area (Å²) in [4.78, 5) is 16.5. The molecule has 2 atom stereocenters. The molecule has 34 heavy (non-hydrogen) atoms. The van der Waals surface area contributed by atoms with E-state index in [4.69, 9.17) is 15.7 Å². The van der Waals surface area contributed by atoms with Gasteiger partial charge in [-0.05, 0) is 72.8 Å². The highest BCUT2D eigenvalue weighted by Crippen LogP contribution is 2.53. The number of aromatic amines is 1. The van der Waals surface area contributed by atoms with Crippen molar-refractivity contribution in [3.63, 3.8) is 0 Å². The largest absolute Gasteiger partial charge is 0.323 e. The van der Waals surface area contributed by atoms with E-state index < -0.39 is 0 Å². The fourth-order valence-corrected chi connectivity index (χ4v) is 6.15. The minimum atomic E-state index is 0.104. The predicted molar refractivity (Wildman–Crippen MR) is 133 cm³/mol. The first kappa shape index (κ1) is 19.9. The highest BCUT2D eigenvalue weighted by molar-refractivity contribution is 5.87. The molecule has 7 nitrogen and oxygen atoms in total. The van der Waals surface area contributed by atoms with Gasteiger partial charge < -0.3 is 10.6 Å². The van der Waals surface area contributed by atoms with Gasteiger partial charge in [0.2, 0.25) is 0 Å². The second kappa shape index (κ2) is 7.46. The summed E-state index contributed by atoms with van der Waals surface area (Å²) in [5.74, 6) is 0.828. The number of fused-ring (bicyclic) bond motifs is 3.